The first-order valence-corrected chi connectivity index (χ1v) is 7.08. The van der Waals surface area contributed by atoms with Crippen molar-refractivity contribution in [3.8, 4) is 6.07 Å². The van der Waals surface area contributed by atoms with Gasteiger partial charge in [0.2, 0.25) is 0 Å². The lowest BCUT2D eigenvalue weighted by molar-refractivity contribution is -0.00692. The normalized spacial score (nSPS) is 25.5. The molecule has 0 aromatic heterocycles. The molecule has 1 aliphatic carbocycles. The van der Waals surface area contributed by atoms with E-state index in [-0.39, 0.29) is 5.41 Å². The molecule has 1 fully saturated rings. The van der Waals surface area contributed by atoms with Crippen molar-refractivity contribution >= 4 is 0 Å². The highest BCUT2D eigenvalue weighted by Crippen LogP contribution is 2.27. The second-order valence-corrected chi connectivity index (χ2v) is 6.12. The predicted molar refractivity (Wildman–Crippen MR) is 70.6 cm³/mol. The van der Waals surface area contributed by atoms with E-state index in [1.165, 1.54) is 25.7 Å². The Kier molecular flexibility index (Phi) is 5.98. The molecule has 0 amide bonds. The fraction of sp³-hybridized carbons (Fsp3) is 0.933. The number of nitriles is 1. The van der Waals surface area contributed by atoms with Gasteiger partial charge in [-0.3, -0.25) is 0 Å². The SMILES string of the molecule is CC1CCCCC1OCCCCC(C)(C)C#N. The summed E-state index contributed by atoms with van der Waals surface area (Å²) in [5, 5.41) is 8.91. The van der Waals surface area contributed by atoms with E-state index in [2.05, 4.69) is 13.0 Å². The standard InChI is InChI=1S/C15H27NO/c1-13-8-4-5-9-14(13)17-11-7-6-10-15(2,3)12-16/h13-14H,4-11H2,1-3H3. The van der Waals surface area contributed by atoms with Crippen molar-refractivity contribution in [2.45, 2.75) is 71.8 Å². The van der Waals surface area contributed by atoms with Crippen molar-refractivity contribution in [3.05, 3.63) is 0 Å². The maximum Gasteiger partial charge on any atom is 0.0683 e. The molecule has 0 bridgehead atoms. The third-order valence-corrected chi connectivity index (χ3v) is 3.86. The Balaban J connectivity index is 2.06. The van der Waals surface area contributed by atoms with Crippen LogP contribution in [0, 0.1) is 22.7 Å². The topological polar surface area (TPSA) is 33.0 Å². The molecule has 0 aliphatic heterocycles. The Bertz CT molecular complexity index is 254. The van der Waals surface area contributed by atoms with Gasteiger partial charge in [0.15, 0.2) is 0 Å². The minimum absolute atomic E-state index is 0.169. The maximum absolute atomic E-state index is 8.91. The highest BCUT2D eigenvalue weighted by Gasteiger charge is 2.21. The molecule has 2 nitrogen and oxygen atoms in total. The molecule has 0 N–H and O–H groups in total. The van der Waals surface area contributed by atoms with E-state index < -0.39 is 0 Å². The van der Waals surface area contributed by atoms with E-state index >= 15 is 0 Å². The number of unbranched alkanes of at least 4 members (excludes halogenated alkanes) is 1. The van der Waals surface area contributed by atoms with E-state index in [1.807, 2.05) is 13.8 Å². The first kappa shape index (κ1) is 14.5. The molecule has 1 rings (SSSR count). The Hall–Kier alpha value is -0.550. The smallest absolute Gasteiger partial charge is 0.0683 e. The largest absolute Gasteiger partial charge is 0.378 e. The predicted octanol–water partition coefficient (Wildman–Crippen LogP) is 4.30. The van der Waals surface area contributed by atoms with Crippen LogP contribution in [-0.2, 0) is 4.74 Å². The molecule has 2 unspecified atom stereocenters. The second-order valence-electron chi connectivity index (χ2n) is 6.12. The Labute approximate surface area is 106 Å². The summed E-state index contributed by atoms with van der Waals surface area (Å²) in [4.78, 5) is 0. The Morgan fingerprint density at radius 2 is 1.94 bits per heavy atom. The van der Waals surface area contributed by atoms with Crippen LogP contribution in [0.2, 0.25) is 0 Å². The molecule has 0 spiro atoms. The molecule has 98 valence electrons. The van der Waals surface area contributed by atoms with Crippen molar-refractivity contribution in [2.24, 2.45) is 11.3 Å². The average molecular weight is 237 g/mol. The van der Waals surface area contributed by atoms with Gasteiger partial charge in [-0.25, -0.2) is 0 Å². The van der Waals surface area contributed by atoms with E-state index in [0.717, 1.165) is 31.8 Å². The number of nitrogens with zero attached hydrogens (tertiary/aromatic N) is 1. The van der Waals surface area contributed by atoms with Crippen LogP contribution in [0.1, 0.15) is 65.7 Å². The van der Waals surface area contributed by atoms with Gasteiger partial charge < -0.3 is 4.74 Å². The van der Waals surface area contributed by atoms with Crippen LogP contribution in [0.25, 0.3) is 0 Å². The number of ether oxygens (including phenoxy) is 1. The molecule has 0 radical (unpaired) electrons. The Morgan fingerprint density at radius 1 is 1.24 bits per heavy atom. The van der Waals surface area contributed by atoms with Gasteiger partial charge in [-0.2, -0.15) is 5.26 Å². The molecule has 0 saturated heterocycles. The van der Waals surface area contributed by atoms with Crippen LogP contribution < -0.4 is 0 Å². The van der Waals surface area contributed by atoms with Crippen molar-refractivity contribution in [2.75, 3.05) is 6.61 Å². The van der Waals surface area contributed by atoms with Crippen LogP contribution in [0.15, 0.2) is 0 Å². The first-order valence-electron chi connectivity index (χ1n) is 7.08. The quantitative estimate of drug-likeness (QED) is 0.645. The number of hydrogen-bond donors (Lipinski definition) is 0. The van der Waals surface area contributed by atoms with Crippen molar-refractivity contribution in [3.63, 3.8) is 0 Å². The van der Waals surface area contributed by atoms with Gasteiger partial charge in [-0.15, -0.1) is 0 Å². The van der Waals surface area contributed by atoms with Gasteiger partial charge >= 0.3 is 0 Å². The van der Waals surface area contributed by atoms with Crippen molar-refractivity contribution in [1.29, 1.82) is 5.26 Å². The van der Waals surface area contributed by atoms with Crippen molar-refractivity contribution < 1.29 is 4.74 Å². The Morgan fingerprint density at radius 3 is 2.59 bits per heavy atom. The summed E-state index contributed by atoms with van der Waals surface area (Å²) in [6.45, 7) is 7.20. The molecule has 2 atom stereocenters. The number of hydrogen-bond acceptors (Lipinski definition) is 2. The minimum Gasteiger partial charge on any atom is -0.378 e. The molecule has 1 aliphatic rings. The van der Waals surface area contributed by atoms with Crippen molar-refractivity contribution in [1.82, 2.24) is 0 Å². The average Bonchev–Trinajstić information content (AvgIpc) is 2.31. The summed E-state index contributed by atoms with van der Waals surface area (Å²) >= 11 is 0. The fourth-order valence-corrected chi connectivity index (χ4v) is 2.49. The molecule has 1 saturated carbocycles. The monoisotopic (exact) mass is 237 g/mol. The summed E-state index contributed by atoms with van der Waals surface area (Å²) in [5.41, 5.74) is -0.169. The van der Waals surface area contributed by atoms with Gasteiger partial charge in [0.05, 0.1) is 17.6 Å². The lowest BCUT2D eigenvalue weighted by Crippen LogP contribution is -2.26. The summed E-state index contributed by atoms with van der Waals surface area (Å²) < 4.78 is 5.96. The second kappa shape index (κ2) is 7.01. The number of rotatable bonds is 6. The first-order chi connectivity index (χ1) is 8.05. The van der Waals surface area contributed by atoms with E-state index in [0.29, 0.717) is 6.10 Å². The lowest BCUT2D eigenvalue weighted by atomic mass is 9.88. The summed E-state index contributed by atoms with van der Waals surface area (Å²) in [6, 6.07) is 2.35. The van der Waals surface area contributed by atoms with Crippen LogP contribution in [0.3, 0.4) is 0 Å². The molecule has 17 heavy (non-hydrogen) atoms. The third-order valence-electron chi connectivity index (χ3n) is 3.86. The summed E-state index contributed by atoms with van der Waals surface area (Å²) in [6.07, 6.45) is 8.93. The molecule has 0 heterocycles. The van der Waals surface area contributed by atoms with E-state index in [9.17, 15) is 0 Å². The van der Waals surface area contributed by atoms with E-state index in [4.69, 9.17) is 10.00 Å². The molecule has 0 aromatic carbocycles. The lowest BCUT2D eigenvalue weighted by Gasteiger charge is -2.28. The molecular weight excluding hydrogens is 210 g/mol. The van der Waals surface area contributed by atoms with Gasteiger partial charge in [0.1, 0.15) is 0 Å². The van der Waals surface area contributed by atoms with Crippen LogP contribution >= 0.6 is 0 Å². The summed E-state index contributed by atoms with van der Waals surface area (Å²) in [7, 11) is 0. The van der Waals surface area contributed by atoms with Crippen LogP contribution in [-0.4, -0.2) is 12.7 Å². The zero-order valence-corrected chi connectivity index (χ0v) is 11.7. The van der Waals surface area contributed by atoms with Gasteiger partial charge in [-0.1, -0.05) is 19.8 Å². The fourth-order valence-electron chi connectivity index (χ4n) is 2.49. The highest BCUT2D eigenvalue weighted by atomic mass is 16.5. The zero-order chi connectivity index (χ0) is 12.7. The summed E-state index contributed by atoms with van der Waals surface area (Å²) in [5.74, 6) is 0.735. The van der Waals surface area contributed by atoms with Crippen LogP contribution in [0.5, 0.6) is 0 Å². The third kappa shape index (κ3) is 5.55. The van der Waals surface area contributed by atoms with E-state index in [1.54, 1.807) is 0 Å². The van der Waals surface area contributed by atoms with Gasteiger partial charge in [0.25, 0.3) is 0 Å². The van der Waals surface area contributed by atoms with Gasteiger partial charge in [-0.05, 0) is 51.9 Å². The van der Waals surface area contributed by atoms with Gasteiger partial charge in [0, 0.05) is 6.61 Å². The zero-order valence-electron chi connectivity index (χ0n) is 11.7. The highest BCUT2D eigenvalue weighted by molar-refractivity contribution is 4.91. The molecule has 2 heteroatoms. The van der Waals surface area contributed by atoms with Crippen LogP contribution in [0.4, 0.5) is 0 Å². The maximum atomic E-state index is 8.91. The molecular formula is C15H27NO. The molecule has 0 aromatic rings. The minimum atomic E-state index is -0.169.